The van der Waals surface area contributed by atoms with Crippen LogP contribution in [0.4, 0.5) is 0 Å². The maximum atomic E-state index is 4.06. The van der Waals surface area contributed by atoms with Gasteiger partial charge in [-0.3, -0.25) is 4.98 Å². The van der Waals surface area contributed by atoms with E-state index in [2.05, 4.69) is 52.0 Å². The van der Waals surface area contributed by atoms with Gasteiger partial charge in [-0.25, -0.2) is 0 Å². The van der Waals surface area contributed by atoms with Crippen molar-refractivity contribution in [3.8, 4) is 0 Å². The standard InChI is InChI=1S/C17H21N3/c1-2-4-16-15(3-1)13-19-11-8-17(16)20-12-7-14-5-9-18-10-6-14/h1-6,9-10,17,19-20H,7-8,11-13H2. The van der Waals surface area contributed by atoms with Gasteiger partial charge in [0.25, 0.3) is 0 Å². The number of benzene rings is 1. The van der Waals surface area contributed by atoms with E-state index in [0.29, 0.717) is 6.04 Å². The van der Waals surface area contributed by atoms with Gasteiger partial charge in [-0.1, -0.05) is 24.3 Å². The van der Waals surface area contributed by atoms with Crippen LogP contribution in [-0.2, 0) is 13.0 Å². The van der Waals surface area contributed by atoms with Crippen molar-refractivity contribution in [1.29, 1.82) is 0 Å². The molecule has 1 aliphatic rings. The minimum atomic E-state index is 0.461. The summed E-state index contributed by atoms with van der Waals surface area (Å²) in [6.45, 7) is 3.06. The van der Waals surface area contributed by atoms with E-state index in [0.717, 1.165) is 32.5 Å². The van der Waals surface area contributed by atoms with E-state index in [-0.39, 0.29) is 0 Å². The molecule has 1 aliphatic heterocycles. The smallest absolute Gasteiger partial charge is 0.0335 e. The Hall–Kier alpha value is -1.71. The van der Waals surface area contributed by atoms with Gasteiger partial charge >= 0.3 is 0 Å². The van der Waals surface area contributed by atoms with Gasteiger partial charge in [0.15, 0.2) is 0 Å². The molecule has 0 fully saturated rings. The molecule has 1 unspecified atom stereocenters. The van der Waals surface area contributed by atoms with Crippen molar-refractivity contribution in [2.45, 2.75) is 25.4 Å². The van der Waals surface area contributed by atoms with Gasteiger partial charge in [-0.2, -0.15) is 0 Å². The summed E-state index contributed by atoms with van der Waals surface area (Å²) in [6, 6.07) is 13.4. The molecule has 0 saturated carbocycles. The molecule has 20 heavy (non-hydrogen) atoms. The minimum Gasteiger partial charge on any atom is -0.313 e. The number of hydrogen-bond acceptors (Lipinski definition) is 3. The molecule has 2 heterocycles. The maximum Gasteiger partial charge on any atom is 0.0335 e. The normalized spacial score (nSPS) is 18.3. The molecule has 2 N–H and O–H groups in total. The second-order valence-corrected chi connectivity index (χ2v) is 5.28. The summed E-state index contributed by atoms with van der Waals surface area (Å²) in [6.07, 6.45) is 5.92. The Labute approximate surface area is 120 Å². The van der Waals surface area contributed by atoms with Crippen LogP contribution in [0.15, 0.2) is 48.8 Å². The summed E-state index contributed by atoms with van der Waals surface area (Å²) >= 11 is 0. The molecule has 3 heteroatoms. The largest absolute Gasteiger partial charge is 0.313 e. The fraction of sp³-hybridized carbons (Fsp3) is 0.353. The molecule has 3 rings (SSSR count). The molecule has 0 spiro atoms. The monoisotopic (exact) mass is 267 g/mol. The first kappa shape index (κ1) is 13.3. The van der Waals surface area contributed by atoms with Gasteiger partial charge in [0.1, 0.15) is 0 Å². The van der Waals surface area contributed by atoms with E-state index in [4.69, 9.17) is 0 Å². The first-order chi connectivity index (χ1) is 9.93. The highest BCUT2D eigenvalue weighted by Gasteiger charge is 2.16. The lowest BCUT2D eigenvalue weighted by Gasteiger charge is -2.19. The molecule has 0 saturated heterocycles. The quantitative estimate of drug-likeness (QED) is 0.893. The first-order valence-electron chi connectivity index (χ1n) is 7.34. The molecule has 3 nitrogen and oxygen atoms in total. The minimum absolute atomic E-state index is 0.461. The fourth-order valence-corrected chi connectivity index (χ4v) is 2.81. The number of fused-ring (bicyclic) bond motifs is 1. The van der Waals surface area contributed by atoms with Gasteiger partial charge in [-0.15, -0.1) is 0 Å². The van der Waals surface area contributed by atoms with Crippen LogP contribution in [0.5, 0.6) is 0 Å². The molecule has 1 atom stereocenters. The van der Waals surface area contributed by atoms with Crippen LogP contribution in [0, 0.1) is 0 Å². The zero-order valence-electron chi connectivity index (χ0n) is 11.7. The van der Waals surface area contributed by atoms with Crippen molar-refractivity contribution in [1.82, 2.24) is 15.6 Å². The van der Waals surface area contributed by atoms with Crippen LogP contribution in [0.3, 0.4) is 0 Å². The zero-order chi connectivity index (χ0) is 13.6. The second-order valence-electron chi connectivity index (χ2n) is 5.28. The molecule has 0 amide bonds. The summed E-state index contributed by atoms with van der Waals surface area (Å²) in [5.41, 5.74) is 4.21. The van der Waals surface area contributed by atoms with E-state index in [1.165, 1.54) is 16.7 Å². The second kappa shape index (κ2) is 6.64. The molecule has 1 aromatic carbocycles. The Bertz CT molecular complexity index is 539. The average Bonchev–Trinajstić information content (AvgIpc) is 2.71. The fourth-order valence-electron chi connectivity index (χ4n) is 2.81. The molecular weight excluding hydrogens is 246 g/mol. The van der Waals surface area contributed by atoms with Gasteiger partial charge in [0.2, 0.25) is 0 Å². The van der Waals surface area contributed by atoms with Crippen LogP contribution in [0.1, 0.15) is 29.2 Å². The van der Waals surface area contributed by atoms with E-state index < -0.39 is 0 Å². The predicted molar refractivity (Wildman–Crippen MR) is 81.5 cm³/mol. The van der Waals surface area contributed by atoms with Crippen LogP contribution in [-0.4, -0.2) is 18.1 Å². The number of nitrogens with zero attached hydrogens (tertiary/aromatic N) is 1. The van der Waals surface area contributed by atoms with Gasteiger partial charge < -0.3 is 10.6 Å². The van der Waals surface area contributed by atoms with E-state index in [1.807, 2.05) is 12.4 Å². The van der Waals surface area contributed by atoms with Gasteiger partial charge in [-0.05, 0) is 54.8 Å². The molecular formula is C17H21N3. The van der Waals surface area contributed by atoms with Crippen molar-refractivity contribution < 1.29 is 0 Å². The lowest BCUT2D eigenvalue weighted by atomic mass is 9.99. The molecule has 2 aromatic rings. The van der Waals surface area contributed by atoms with Crippen molar-refractivity contribution in [3.05, 3.63) is 65.5 Å². The van der Waals surface area contributed by atoms with Crippen molar-refractivity contribution in [2.75, 3.05) is 13.1 Å². The highest BCUT2D eigenvalue weighted by molar-refractivity contribution is 5.31. The van der Waals surface area contributed by atoms with Crippen LogP contribution < -0.4 is 10.6 Å². The third-order valence-electron chi connectivity index (χ3n) is 3.91. The van der Waals surface area contributed by atoms with Gasteiger partial charge in [0.05, 0.1) is 0 Å². The maximum absolute atomic E-state index is 4.06. The number of rotatable bonds is 4. The number of hydrogen-bond donors (Lipinski definition) is 2. The molecule has 0 radical (unpaired) electrons. The number of aromatic nitrogens is 1. The summed E-state index contributed by atoms with van der Waals surface area (Å²) in [7, 11) is 0. The summed E-state index contributed by atoms with van der Waals surface area (Å²) in [5, 5.41) is 7.20. The highest BCUT2D eigenvalue weighted by Crippen LogP contribution is 2.23. The molecule has 1 aromatic heterocycles. The topological polar surface area (TPSA) is 37.0 Å². The Kier molecular flexibility index (Phi) is 4.41. The van der Waals surface area contributed by atoms with Gasteiger partial charge in [0, 0.05) is 25.0 Å². The Morgan fingerprint density at radius 1 is 1.15 bits per heavy atom. The Morgan fingerprint density at radius 2 is 2.00 bits per heavy atom. The summed E-state index contributed by atoms with van der Waals surface area (Å²) in [5.74, 6) is 0. The van der Waals surface area contributed by atoms with E-state index >= 15 is 0 Å². The molecule has 104 valence electrons. The third-order valence-corrected chi connectivity index (χ3v) is 3.91. The van der Waals surface area contributed by atoms with Crippen LogP contribution in [0.2, 0.25) is 0 Å². The molecule has 0 bridgehead atoms. The van der Waals surface area contributed by atoms with Crippen LogP contribution in [0.25, 0.3) is 0 Å². The highest BCUT2D eigenvalue weighted by atomic mass is 14.9. The van der Waals surface area contributed by atoms with Crippen molar-refractivity contribution >= 4 is 0 Å². The Morgan fingerprint density at radius 3 is 2.90 bits per heavy atom. The lowest BCUT2D eigenvalue weighted by molar-refractivity contribution is 0.499. The third kappa shape index (κ3) is 3.24. The van der Waals surface area contributed by atoms with E-state index in [9.17, 15) is 0 Å². The van der Waals surface area contributed by atoms with E-state index in [1.54, 1.807) is 0 Å². The molecule has 0 aliphatic carbocycles. The zero-order valence-corrected chi connectivity index (χ0v) is 11.7. The summed E-state index contributed by atoms with van der Waals surface area (Å²) < 4.78 is 0. The van der Waals surface area contributed by atoms with Crippen molar-refractivity contribution in [3.63, 3.8) is 0 Å². The average molecular weight is 267 g/mol. The Balaban J connectivity index is 1.62. The SMILES string of the molecule is c1ccc2c(c1)CNCCC2NCCc1ccncc1. The summed E-state index contributed by atoms with van der Waals surface area (Å²) in [4.78, 5) is 4.06. The first-order valence-corrected chi connectivity index (χ1v) is 7.34. The van der Waals surface area contributed by atoms with Crippen LogP contribution >= 0.6 is 0 Å². The predicted octanol–water partition coefficient (Wildman–Crippen LogP) is 2.45. The number of pyridine rings is 1. The lowest BCUT2D eigenvalue weighted by Crippen LogP contribution is -2.25. The van der Waals surface area contributed by atoms with Crippen molar-refractivity contribution in [2.24, 2.45) is 0 Å². The number of nitrogens with one attached hydrogen (secondary N) is 2.